The minimum absolute atomic E-state index is 0.0795. The Balaban J connectivity index is 2.70. The summed E-state index contributed by atoms with van der Waals surface area (Å²) in [6.07, 6.45) is 53.9. The van der Waals surface area contributed by atoms with Gasteiger partial charge in [-0.3, -0.25) is 9.59 Å². The second-order valence-electron chi connectivity index (χ2n) is 20.7. The first-order chi connectivity index (χ1) is 36.2. The predicted octanol–water partition coefficient (Wildman–Crippen LogP) is 14.0. The topological polar surface area (TPSA) is 175 Å². The van der Waals surface area contributed by atoms with Gasteiger partial charge in [-0.1, -0.05) is 235 Å². The third-order valence-electron chi connectivity index (χ3n) is 13.8. The molecule has 11 nitrogen and oxygen atoms in total. The first kappa shape index (κ1) is 69.1. The van der Waals surface area contributed by atoms with Crippen LogP contribution in [0.2, 0.25) is 0 Å². The van der Waals surface area contributed by atoms with Crippen molar-refractivity contribution in [2.24, 2.45) is 0 Å². The Hall–Kier alpha value is -2.90. The summed E-state index contributed by atoms with van der Waals surface area (Å²) in [4.78, 5) is 26.4. The van der Waals surface area contributed by atoms with Gasteiger partial charge in [-0.15, -0.1) is 0 Å². The lowest BCUT2D eigenvalue weighted by Crippen LogP contribution is -2.61. The van der Waals surface area contributed by atoms with Crippen molar-refractivity contribution in [2.45, 2.75) is 301 Å². The normalized spacial score (nSPS) is 19.8. The molecule has 0 aromatic rings. The highest BCUT2D eigenvalue weighted by Crippen LogP contribution is 2.26. The SMILES string of the molecule is CCCCC/C=C\C/C=C\C/C=C\CCCCCCCCCCC(=O)OC1C(OCC(NC(=O)C(O)C/C=C/C/C=C\CCCCCCCC)C(O)/C=C/CCCCCCCCCCCC)OC(CO)C(O)C1O. The molecule has 8 atom stereocenters. The molecule has 1 aliphatic heterocycles. The van der Waals surface area contributed by atoms with E-state index in [1.807, 2.05) is 12.2 Å². The minimum Gasteiger partial charge on any atom is -0.454 e. The van der Waals surface area contributed by atoms with Gasteiger partial charge < -0.3 is 45.1 Å². The summed E-state index contributed by atoms with van der Waals surface area (Å²) in [6, 6.07) is -1.06. The summed E-state index contributed by atoms with van der Waals surface area (Å²) in [5.74, 6) is -1.28. The van der Waals surface area contributed by atoms with Crippen LogP contribution in [0.3, 0.4) is 0 Å². The molecule has 74 heavy (non-hydrogen) atoms. The Kier molecular flexibility index (Phi) is 47.5. The highest BCUT2D eigenvalue weighted by Gasteiger charge is 2.47. The summed E-state index contributed by atoms with van der Waals surface area (Å²) in [7, 11) is 0. The second-order valence-corrected chi connectivity index (χ2v) is 20.7. The van der Waals surface area contributed by atoms with E-state index in [0.29, 0.717) is 12.8 Å². The van der Waals surface area contributed by atoms with Crippen molar-refractivity contribution >= 4 is 11.9 Å². The Bertz CT molecular complexity index is 1480. The van der Waals surface area contributed by atoms with E-state index in [0.717, 1.165) is 77.0 Å². The number of esters is 1. The summed E-state index contributed by atoms with van der Waals surface area (Å²) in [5.41, 5.74) is 0. The lowest BCUT2D eigenvalue weighted by Gasteiger charge is -2.41. The standard InChI is InChI=1S/C63H111NO10/c1-4-7-10-13-16-19-22-25-26-27-28-29-30-31-32-33-36-39-42-45-48-51-58(68)74-61-60(70)59(69)57(52-65)73-63(61)72-53-54(55(66)49-46-43-40-37-34-23-20-17-14-11-8-5-2)64-62(71)56(67)50-47-44-41-38-35-24-21-18-15-12-9-6-3/h16,19,25-26,28-29,35,38,44,46-47,49,54-57,59-61,63,65-67,69-70H,4-15,17-18,20-24,27,30-34,36-37,39-43,45,48,50-53H2,1-3H3,(H,64,71)/b19-16-,26-25-,29-28-,38-35-,47-44+,49-46+. The number of hydrogen-bond acceptors (Lipinski definition) is 10. The third kappa shape index (κ3) is 38.6. The van der Waals surface area contributed by atoms with Crippen molar-refractivity contribution in [1.82, 2.24) is 5.32 Å². The molecular weight excluding hydrogens is 931 g/mol. The number of aliphatic hydroxyl groups excluding tert-OH is 5. The molecule has 428 valence electrons. The van der Waals surface area contributed by atoms with Crippen LogP contribution in [0.15, 0.2) is 72.9 Å². The molecule has 1 heterocycles. The average Bonchev–Trinajstić information content (AvgIpc) is 3.40. The van der Waals surface area contributed by atoms with Gasteiger partial charge in [0.2, 0.25) is 5.91 Å². The highest BCUT2D eigenvalue weighted by atomic mass is 16.7. The number of carbonyl (C=O) groups is 2. The number of unbranched alkanes of at least 4 members (excludes halogenated alkanes) is 27. The van der Waals surface area contributed by atoms with Gasteiger partial charge in [0.25, 0.3) is 0 Å². The fourth-order valence-corrected chi connectivity index (χ4v) is 8.99. The highest BCUT2D eigenvalue weighted by molar-refractivity contribution is 5.81. The molecule has 8 unspecified atom stereocenters. The second kappa shape index (κ2) is 50.9. The summed E-state index contributed by atoms with van der Waals surface area (Å²) >= 11 is 0. The zero-order valence-corrected chi connectivity index (χ0v) is 47.2. The Morgan fingerprint density at radius 3 is 1.42 bits per heavy atom. The monoisotopic (exact) mass is 1040 g/mol. The van der Waals surface area contributed by atoms with Gasteiger partial charge in [0, 0.05) is 12.8 Å². The first-order valence-electron chi connectivity index (χ1n) is 30.2. The van der Waals surface area contributed by atoms with E-state index in [1.165, 1.54) is 128 Å². The molecule has 0 radical (unpaired) electrons. The molecule has 6 N–H and O–H groups in total. The number of nitrogens with one attached hydrogen (secondary N) is 1. The van der Waals surface area contributed by atoms with Crippen LogP contribution in [-0.4, -0.2) is 99.6 Å². The van der Waals surface area contributed by atoms with Gasteiger partial charge in [-0.2, -0.15) is 0 Å². The van der Waals surface area contributed by atoms with E-state index in [9.17, 15) is 35.1 Å². The van der Waals surface area contributed by atoms with Crippen molar-refractivity contribution in [2.75, 3.05) is 13.2 Å². The van der Waals surface area contributed by atoms with Crippen molar-refractivity contribution < 1.29 is 49.3 Å². The minimum atomic E-state index is -1.63. The Labute approximate surface area is 451 Å². The van der Waals surface area contributed by atoms with Crippen LogP contribution in [0.25, 0.3) is 0 Å². The number of allylic oxidation sites excluding steroid dienone is 10. The van der Waals surface area contributed by atoms with Crippen LogP contribution < -0.4 is 5.32 Å². The van der Waals surface area contributed by atoms with Crippen LogP contribution >= 0.6 is 0 Å². The van der Waals surface area contributed by atoms with Gasteiger partial charge in [0.1, 0.15) is 24.4 Å². The smallest absolute Gasteiger partial charge is 0.306 e. The van der Waals surface area contributed by atoms with Crippen LogP contribution in [-0.2, 0) is 23.8 Å². The zero-order chi connectivity index (χ0) is 54.0. The van der Waals surface area contributed by atoms with Crippen molar-refractivity contribution in [3.63, 3.8) is 0 Å². The maximum atomic E-state index is 13.3. The van der Waals surface area contributed by atoms with Gasteiger partial charge in [0.15, 0.2) is 12.4 Å². The number of ether oxygens (including phenoxy) is 3. The van der Waals surface area contributed by atoms with Gasteiger partial charge in [-0.05, 0) is 77.0 Å². The van der Waals surface area contributed by atoms with Gasteiger partial charge in [0.05, 0.1) is 25.4 Å². The van der Waals surface area contributed by atoms with Crippen LogP contribution in [0.1, 0.15) is 252 Å². The lowest BCUT2D eigenvalue weighted by atomic mass is 9.99. The summed E-state index contributed by atoms with van der Waals surface area (Å²) in [5, 5.41) is 56.7. The molecule has 0 aliphatic carbocycles. The molecule has 0 bridgehead atoms. The number of hydrogen-bond donors (Lipinski definition) is 6. The summed E-state index contributed by atoms with van der Waals surface area (Å²) in [6.45, 7) is 5.70. The molecule has 1 fully saturated rings. The predicted molar refractivity (Wildman–Crippen MR) is 306 cm³/mol. The number of carbonyl (C=O) groups excluding carboxylic acids is 2. The molecular formula is C63H111NO10. The number of rotatable bonds is 50. The van der Waals surface area contributed by atoms with Crippen LogP contribution in [0.4, 0.5) is 0 Å². The molecule has 1 amide bonds. The molecule has 1 aliphatic rings. The third-order valence-corrected chi connectivity index (χ3v) is 13.8. The van der Waals surface area contributed by atoms with Crippen LogP contribution in [0, 0.1) is 0 Å². The van der Waals surface area contributed by atoms with Crippen molar-refractivity contribution in [3.8, 4) is 0 Å². The molecule has 11 heteroatoms. The molecule has 0 aromatic carbocycles. The Morgan fingerprint density at radius 1 is 0.527 bits per heavy atom. The zero-order valence-electron chi connectivity index (χ0n) is 47.2. The Morgan fingerprint density at radius 2 is 0.932 bits per heavy atom. The lowest BCUT2D eigenvalue weighted by molar-refractivity contribution is -0.305. The number of amides is 1. The summed E-state index contributed by atoms with van der Waals surface area (Å²) < 4.78 is 17.6. The fourth-order valence-electron chi connectivity index (χ4n) is 8.99. The van der Waals surface area contributed by atoms with Crippen molar-refractivity contribution in [1.29, 1.82) is 0 Å². The van der Waals surface area contributed by atoms with Gasteiger partial charge in [-0.25, -0.2) is 0 Å². The van der Waals surface area contributed by atoms with E-state index in [-0.39, 0.29) is 19.4 Å². The largest absolute Gasteiger partial charge is 0.454 e. The molecule has 0 aromatic heterocycles. The van der Waals surface area contributed by atoms with Gasteiger partial charge >= 0.3 is 5.97 Å². The van der Waals surface area contributed by atoms with E-state index in [4.69, 9.17) is 14.2 Å². The molecule has 0 saturated carbocycles. The quantitative estimate of drug-likeness (QED) is 0.0195. The van der Waals surface area contributed by atoms with E-state index >= 15 is 0 Å². The molecule has 1 rings (SSSR count). The van der Waals surface area contributed by atoms with E-state index in [2.05, 4.69) is 74.7 Å². The maximum absolute atomic E-state index is 13.3. The maximum Gasteiger partial charge on any atom is 0.306 e. The van der Waals surface area contributed by atoms with E-state index in [1.54, 1.807) is 12.2 Å². The first-order valence-corrected chi connectivity index (χ1v) is 30.2. The molecule has 0 spiro atoms. The molecule has 1 saturated heterocycles. The number of aliphatic hydroxyl groups is 5. The fraction of sp³-hybridized carbons (Fsp3) is 0.778. The van der Waals surface area contributed by atoms with E-state index < -0.39 is 67.4 Å². The van der Waals surface area contributed by atoms with Crippen LogP contribution in [0.5, 0.6) is 0 Å². The van der Waals surface area contributed by atoms with Crippen molar-refractivity contribution in [3.05, 3.63) is 72.9 Å². The average molecular weight is 1040 g/mol.